The van der Waals surface area contributed by atoms with Gasteiger partial charge in [-0.3, -0.25) is 0 Å². The third-order valence-corrected chi connectivity index (χ3v) is 4.35. The normalized spacial score (nSPS) is 11.2. The molecule has 2 aromatic carbocycles. The zero-order valence-corrected chi connectivity index (χ0v) is 11.4. The Kier molecular flexibility index (Phi) is 4.24. The van der Waals surface area contributed by atoms with Gasteiger partial charge in [0.2, 0.25) is 0 Å². The summed E-state index contributed by atoms with van der Waals surface area (Å²) in [5.41, 5.74) is 6.13. The Morgan fingerprint density at radius 3 is 2.45 bits per heavy atom. The fourth-order valence-electron chi connectivity index (χ4n) is 1.63. The number of nitrogens with two attached hydrogens (primary N) is 1. The average Bonchev–Trinajstić information content (AvgIpc) is 2.39. The van der Waals surface area contributed by atoms with Crippen molar-refractivity contribution in [1.82, 2.24) is 0 Å². The Hall–Kier alpha value is -2.08. The Balaban J connectivity index is 1.98. The van der Waals surface area contributed by atoms with Crippen molar-refractivity contribution in [3.05, 3.63) is 54.3 Å². The van der Waals surface area contributed by atoms with Crippen molar-refractivity contribution in [3.8, 4) is 5.75 Å². The maximum absolute atomic E-state index is 12.8. The third-order valence-electron chi connectivity index (χ3n) is 2.65. The van der Waals surface area contributed by atoms with E-state index in [0.29, 0.717) is 11.4 Å². The molecule has 0 amide bonds. The molecular formula is C14H14FNO3S. The van der Waals surface area contributed by atoms with E-state index in [1.54, 1.807) is 24.3 Å². The van der Waals surface area contributed by atoms with Gasteiger partial charge in [-0.25, -0.2) is 12.8 Å². The lowest BCUT2D eigenvalue weighted by Crippen LogP contribution is -2.14. The maximum Gasteiger partial charge on any atom is 0.181 e. The lowest BCUT2D eigenvalue weighted by Gasteiger charge is -2.07. The van der Waals surface area contributed by atoms with Gasteiger partial charge in [0.1, 0.15) is 18.2 Å². The van der Waals surface area contributed by atoms with Gasteiger partial charge < -0.3 is 10.5 Å². The van der Waals surface area contributed by atoms with E-state index >= 15 is 0 Å². The first kappa shape index (κ1) is 14.3. The number of hydrogen-bond donors (Lipinski definition) is 1. The smallest absolute Gasteiger partial charge is 0.181 e. The molecule has 0 aromatic heterocycles. The maximum atomic E-state index is 12.8. The van der Waals surface area contributed by atoms with E-state index in [4.69, 9.17) is 10.5 Å². The average molecular weight is 295 g/mol. The Morgan fingerprint density at radius 1 is 1.10 bits per heavy atom. The van der Waals surface area contributed by atoms with Crippen LogP contribution in [0.4, 0.5) is 10.1 Å². The molecule has 106 valence electrons. The zero-order valence-electron chi connectivity index (χ0n) is 10.6. The van der Waals surface area contributed by atoms with Crippen LogP contribution in [-0.2, 0) is 9.84 Å². The van der Waals surface area contributed by atoms with E-state index in [1.165, 1.54) is 12.1 Å². The number of halogens is 1. The quantitative estimate of drug-likeness (QED) is 0.678. The van der Waals surface area contributed by atoms with Crippen LogP contribution in [-0.4, -0.2) is 20.8 Å². The summed E-state index contributed by atoms with van der Waals surface area (Å²) in [6.07, 6.45) is 0. The summed E-state index contributed by atoms with van der Waals surface area (Å²) in [5, 5.41) is 0. The number of anilines is 1. The Bertz CT molecular complexity index is 684. The van der Waals surface area contributed by atoms with Crippen molar-refractivity contribution in [3.63, 3.8) is 0 Å². The van der Waals surface area contributed by atoms with Crippen molar-refractivity contribution in [2.24, 2.45) is 0 Å². The van der Waals surface area contributed by atoms with Crippen LogP contribution in [0.2, 0.25) is 0 Å². The molecule has 0 heterocycles. The topological polar surface area (TPSA) is 69.4 Å². The van der Waals surface area contributed by atoms with Crippen molar-refractivity contribution in [2.45, 2.75) is 4.90 Å². The predicted molar refractivity (Wildman–Crippen MR) is 74.8 cm³/mol. The first-order valence-corrected chi connectivity index (χ1v) is 7.59. The van der Waals surface area contributed by atoms with Crippen molar-refractivity contribution >= 4 is 15.5 Å². The number of ether oxygens (including phenoxy) is 1. The van der Waals surface area contributed by atoms with Crippen molar-refractivity contribution in [2.75, 3.05) is 18.1 Å². The third kappa shape index (κ3) is 3.71. The minimum atomic E-state index is -3.48. The van der Waals surface area contributed by atoms with Crippen LogP contribution in [0.25, 0.3) is 0 Å². The molecule has 2 rings (SSSR count). The van der Waals surface area contributed by atoms with Gasteiger partial charge in [0.15, 0.2) is 9.84 Å². The first-order valence-electron chi connectivity index (χ1n) is 5.94. The summed E-state index contributed by atoms with van der Waals surface area (Å²) in [6, 6.07) is 11.5. The van der Waals surface area contributed by atoms with E-state index in [0.717, 1.165) is 12.1 Å². The molecule has 0 atom stereocenters. The molecule has 0 saturated heterocycles. The standard InChI is InChI=1S/C14H14FNO3S/c15-11-4-6-14(7-5-11)20(17,18)9-8-19-13-3-1-2-12(16)10-13/h1-7,10H,8-9,16H2. The minimum Gasteiger partial charge on any atom is -0.492 e. The lowest BCUT2D eigenvalue weighted by molar-refractivity contribution is 0.341. The van der Waals surface area contributed by atoms with Crippen LogP contribution in [0.1, 0.15) is 0 Å². The van der Waals surface area contributed by atoms with E-state index in [-0.39, 0.29) is 17.3 Å². The highest BCUT2D eigenvalue weighted by atomic mass is 32.2. The number of benzene rings is 2. The van der Waals surface area contributed by atoms with E-state index in [2.05, 4.69) is 0 Å². The van der Waals surface area contributed by atoms with Crippen LogP contribution in [0, 0.1) is 5.82 Å². The van der Waals surface area contributed by atoms with Gasteiger partial charge in [-0.1, -0.05) is 6.07 Å². The Labute approximate surface area is 116 Å². The van der Waals surface area contributed by atoms with E-state index in [9.17, 15) is 12.8 Å². The lowest BCUT2D eigenvalue weighted by atomic mass is 10.3. The van der Waals surface area contributed by atoms with Gasteiger partial charge >= 0.3 is 0 Å². The second-order valence-corrected chi connectivity index (χ2v) is 6.30. The molecule has 0 bridgehead atoms. The molecule has 4 nitrogen and oxygen atoms in total. The van der Waals surface area contributed by atoms with E-state index in [1.807, 2.05) is 0 Å². The number of sulfone groups is 1. The molecule has 0 saturated carbocycles. The molecule has 0 aliphatic rings. The minimum absolute atomic E-state index is 0.00314. The fraction of sp³-hybridized carbons (Fsp3) is 0.143. The van der Waals surface area contributed by atoms with E-state index < -0.39 is 15.7 Å². The molecule has 6 heteroatoms. The summed E-state index contributed by atoms with van der Waals surface area (Å²) < 4.78 is 42.0. The van der Waals surface area contributed by atoms with Crippen LogP contribution in [0.15, 0.2) is 53.4 Å². The molecule has 20 heavy (non-hydrogen) atoms. The summed E-state index contributed by atoms with van der Waals surface area (Å²) in [4.78, 5) is 0.0788. The predicted octanol–water partition coefficient (Wildman–Crippen LogP) is 2.26. The van der Waals surface area contributed by atoms with Gasteiger partial charge in [0.25, 0.3) is 0 Å². The monoisotopic (exact) mass is 295 g/mol. The second-order valence-electron chi connectivity index (χ2n) is 4.19. The van der Waals surface area contributed by atoms with Crippen LogP contribution < -0.4 is 10.5 Å². The Morgan fingerprint density at radius 2 is 1.80 bits per heavy atom. The number of hydrogen-bond acceptors (Lipinski definition) is 4. The highest BCUT2D eigenvalue weighted by Gasteiger charge is 2.14. The largest absolute Gasteiger partial charge is 0.492 e. The number of nitrogen functional groups attached to an aromatic ring is 1. The van der Waals surface area contributed by atoms with Gasteiger partial charge in [-0.2, -0.15) is 0 Å². The highest BCUT2D eigenvalue weighted by molar-refractivity contribution is 7.91. The summed E-state index contributed by atoms with van der Waals surface area (Å²) in [6.45, 7) is 0.00314. The van der Waals surface area contributed by atoms with Crippen LogP contribution in [0.3, 0.4) is 0 Å². The van der Waals surface area contributed by atoms with Crippen molar-refractivity contribution < 1.29 is 17.5 Å². The molecule has 0 spiro atoms. The molecule has 0 aliphatic carbocycles. The molecule has 0 radical (unpaired) electrons. The number of rotatable bonds is 5. The molecule has 2 N–H and O–H groups in total. The molecule has 2 aromatic rings. The second kappa shape index (κ2) is 5.92. The van der Waals surface area contributed by atoms with Gasteiger partial charge in [-0.05, 0) is 36.4 Å². The van der Waals surface area contributed by atoms with Gasteiger partial charge in [0.05, 0.1) is 10.6 Å². The summed E-state index contributed by atoms with van der Waals surface area (Å²) in [5.74, 6) is -0.146. The highest BCUT2D eigenvalue weighted by Crippen LogP contribution is 2.16. The van der Waals surface area contributed by atoms with Gasteiger partial charge in [-0.15, -0.1) is 0 Å². The zero-order chi connectivity index (χ0) is 14.6. The van der Waals surface area contributed by atoms with Crippen molar-refractivity contribution in [1.29, 1.82) is 0 Å². The fourth-order valence-corrected chi connectivity index (χ4v) is 2.72. The SMILES string of the molecule is Nc1cccc(OCCS(=O)(=O)c2ccc(F)cc2)c1. The molecule has 0 fully saturated rings. The van der Waals surface area contributed by atoms with Crippen LogP contribution in [0.5, 0.6) is 5.75 Å². The molecular weight excluding hydrogens is 281 g/mol. The molecule has 0 unspecified atom stereocenters. The summed E-state index contributed by atoms with van der Waals surface area (Å²) >= 11 is 0. The first-order chi connectivity index (χ1) is 9.47. The molecule has 0 aliphatic heterocycles. The van der Waals surface area contributed by atoms with Crippen LogP contribution >= 0.6 is 0 Å². The summed E-state index contributed by atoms with van der Waals surface area (Å²) in [7, 11) is -3.48. The van der Waals surface area contributed by atoms with Gasteiger partial charge in [0, 0.05) is 11.8 Å².